The van der Waals surface area contributed by atoms with E-state index in [0.29, 0.717) is 6.04 Å². The molecule has 1 unspecified atom stereocenters. The summed E-state index contributed by atoms with van der Waals surface area (Å²) in [4.78, 5) is 4.89. The molecule has 0 bridgehead atoms. The summed E-state index contributed by atoms with van der Waals surface area (Å²) in [5.74, 6) is 0. The zero-order chi connectivity index (χ0) is 14.4. The third-order valence-corrected chi connectivity index (χ3v) is 4.16. The Morgan fingerprint density at radius 2 is 1.95 bits per heavy atom. The smallest absolute Gasteiger partial charge is 0.0991 e. The van der Waals surface area contributed by atoms with Crippen molar-refractivity contribution in [3.05, 3.63) is 35.4 Å². The largest absolute Gasteiger partial charge is 0.314 e. The summed E-state index contributed by atoms with van der Waals surface area (Å²) in [5.41, 5.74) is 2.00. The van der Waals surface area contributed by atoms with Gasteiger partial charge in [-0.05, 0) is 31.7 Å². The maximum atomic E-state index is 8.83. The van der Waals surface area contributed by atoms with Crippen molar-refractivity contribution in [2.45, 2.75) is 13.0 Å². The number of piperazine rings is 1. The summed E-state index contributed by atoms with van der Waals surface area (Å²) in [6.45, 7) is 8.93. The lowest BCUT2D eigenvalue weighted by Gasteiger charge is -2.31. The van der Waals surface area contributed by atoms with Crippen molar-refractivity contribution in [2.75, 3.05) is 46.3 Å². The fraction of sp³-hybridized carbons (Fsp3) is 0.562. The number of likely N-dealkylation sites (N-methyl/N-ethyl adjacent to an activating group) is 1. The number of hydrogen-bond acceptors (Lipinski definition) is 4. The summed E-state index contributed by atoms with van der Waals surface area (Å²) in [7, 11) is 2.17. The molecule has 108 valence electrons. The highest BCUT2D eigenvalue weighted by Crippen LogP contribution is 2.18. The second-order valence-corrected chi connectivity index (χ2v) is 5.48. The molecule has 1 atom stereocenters. The summed E-state index contributed by atoms with van der Waals surface area (Å²) in [6.07, 6.45) is 0. The number of nitrogens with zero attached hydrogens (tertiary/aromatic N) is 3. The molecule has 1 fully saturated rings. The van der Waals surface area contributed by atoms with Crippen molar-refractivity contribution < 1.29 is 0 Å². The highest BCUT2D eigenvalue weighted by Gasteiger charge is 2.14. The number of nitrogens with one attached hydrogen (secondary N) is 1. The molecule has 1 aromatic carbocycles. The Bertz CT molecular complexity index is 443. The standard InChI is InChI=1S/C16H24N4/c1-14(16-5-3-15(13-17)4-6-16)19(2)11-12-20-9-7-18-8-10-20/h3-6,14,18H,7-12H2,1-2H3. The van der Waals surface area contributed by atoms with E-state index in [4.69, 9.17) is 5.26 Å². The fourth-order valence-electron chi connectivity index (χ4n) is 2.52. The van der Waals surface area contributed by atoms with E-state index in [2.05, 4.69) is 47.3 Å². The minimum absolute atomic E-state index is 0.380. The zero-order valence-electron chi connectivity index (χ0n) is 12.5. The Hall–Kier alpha value is -1.41. The SMILES string of the molecule is CC(c1ccc(C#N)cc1)N(C)CCN1CCNCC1. The molecule has 0 spiro atoms. The molecule has 1 aliphatic rings. The van der Waals surface area contributed by atoms with Crippen molar-refractivity contribution in [2.24, 2.45) is 0 Å². The van der Waals surface area contributed by atoms with Crippen LogP contribution < -0.4 is 5.32 Å². The molecule has 0 aromatic heterocycles. The van der Waals surface area contributed by atoms with Crippen LogP contribution in [0.2, 0.25) is 0 Å². The van der Waals surface area contributed by atoms with Gasteiger partial charge in [0, 0.05) is 45.3 Å². The van der Waals surface area contributed by atoms with Crippen LogP contribution in [0.15, 0.2) is 24.3 Å². The first-order chi connectivity index (χ1) is 9.70. The van der Waals surface area contributed by atoms with Crippen molar-refractivity contribution in [3.8, 4) is 6.07 Å². The lowest BCUT2D eigenvalue weighted by atomic mass is 10.1. The van der Waals surface area contributed by atoms with Crippen molar-refractivity contribution in [1.82, 2.24) is 15.1 Å². The monoisotopic (exact) mass is 272 g/mol. The lowest BCUT2D eigenvalue weighted by molar-refractivity contribution is 0.183. The van der Waals surface area contributed by atoms with Gasteiger partial charge in [-0.25, -0.2) is 0 Å². The van der Waals surface area contributed by atoms with Gasteiger partial charge in [-0.2, -0.15) is 5.26 Å². The van der Waals surface area contributed by atoms with Crippen molar-refractivity contribution in [3.63, 3.8) is 0 Å². The van der Waals surface area contributed by atoms with E-state index in [1.54, 1.807) is 0 Å². The van der Waals surface area contributed by atoms with Crippen LogP contribution in [0.25, 0.3) is 0 Å². The molecule has 20 heavy (non-hydrogen) atoms. The van der Waals surface area contributed by atoms with E-state index in [1.807, 2.05) is 12.1 Å². The third-order valence-electron chi connectivity index (χ3n) is 4.16. The van der Waals surface area contributed by atoms with Crippen LogP contribution in [0.4, 0.5) is 0 Å². The van der Waals surface area contributed by atoms with E-state index < -0.39 is 0 Å². The van der Waals surface area contributed by atoms with Gasteiger partial charge in [0.1, 0.15) is 0 Å². The lowest BCUT2D eigenvalue weighted by Crippen LogP contribution is -2.46. The maximum Gasteiger partial charge on any atom is 0.0991 e. The van der Waals surface area contributed by atoms with Gasteiger partial charge in [-0.1, -0.05) is 12.1 Å². The molecule has 1 aromatic rings. The van der Waals surface area contributed by atoms with Crippen LogP contribution in [0.5, 0.6) is 0 Å². The molecule has 0 radical (unpaired) electrons. The summed E-state index contributed by atoms with van der Waals surface area (Å²) >= 11 is 0. The van der Waals surface area contributed by atoms with Gasteiger partial charge in [0.25, 0.3) is 0 Å². The molecule has 1 N–H and O–H groups in total. The number of nitriles is 1. The third kappa shape index (κ3) is 4.04. The first-order valence-corrected chi connectivity index (χ1v) is 7.34. The van der Waals surface area contributed by atoms with Gasteiger partial charge in [0.05, 0.1) is 11.6 Å². The van der Waals surface area contributed by atoms with E-state index >= 15 is 0 Å². The maximum absolute atomic E-state index is 8.83. The molecular formula is C16H24N4. The Balaban J connectivity index is 1.84. The second-order valence-electron chi connectivity index (χ2n) is 5.48. The predicted molar refractivity (Wildman–Crippen MR) is 81.5 cm³/mol. The molecule has 1 saturated heterocycles. The van der Waals surface area contributed by atoms with Crippen LogP contribution in [0, 0.1) is 11.3 Å². The Morgan fingerprint density at radius 3 is 2.55 bits per heavy atom. The highest BCUT2D eigenvalue weighted by molar-refractivity contribution is 5.32. The molecule has 1 aliphatic heterocycles. The predicted octanol–water partition coefficient (Wildman–Crippen LogP) is 1.46. The molecular weight excluding hydrogens is 248 g/mol. The average molecular weight is 272 g/mol. The molecule has 4 heteroatoms. The first-order valence-electron chi connectivity index (χ1n) is 7.34. The van der Waals surface area contributed by atoms with E-state index in [1.165, 1.54) is 5.56 Å². The van der Waals surface area contributed by atoms with E-state index in [0.717, 1.165) is 44.8 Å². The molecule has 0 amide bonds. The van der Waals surface area contributed by atoms with Crippen LogP contribution in [0.1, 0.15) is 24.1 Å². The van der Waals surface area contributed by atoms with Crippen LogP contribution >= 0.6 is 0 Å². The molecule has 2 rings (SSSR count). The Kier molecular flexibility index (Phi) is 5.54. The molecule has 1 heterocycles. The van der Waals surface area contributed by atoms with Crippen LogP contribution in [-0.4, -0.2) is 56.1 Å². The minimum Gasteiger partial charge on any atom is -0.314 e. The topological polar surface area (TPSA) is 42.3 Å². The van der Waals surface area contributed by atoms with Crippen LogP contribution in [-0.2, 0) is 0 Å². The number of benzene rings is 1. The summed E-state index contributed by atoms with van der Waals surface area (Å²) in [6, 6.07) is 10.5. The summed E-state index contributed by atoms with van der Waals surface area (Å²) in [5, 5.41) is 12.2. The highest BCUT2D eigenvalue weighted by atomic mass is 15.2. The minimum atomic E-state index is 0.380. The Labute approximate surface area is 122 Å². The van der Waals surface area contributed by atoms with E-state index in [-0.39, 0.29) is 0 Å². The van der Waals surface area contributed by atoms with Gasteiger partial charge < -0.3 is 5.32 Å². The molecule has 0 aliphatic carbocycles. The summed E-state index contributed by atoms with van der Waals surface area (Å²) < 4.78 is 0. The first kappa shape index (κ1) is 15.0. The van der Waals surface area contributed by atoms with Gasteiger partial charge >= 0.3 is 0 Å². The number of hydrogen-bond donors (Lipinski definition) is 1. The average Bonchev–Trinajstić information content (AvgIpc) is 2.53. The van der Waals surface area contributed by atoms with Gasteiger partial charge in [-0.3, -0.25) is 9.80 Å². The van der Waals surface area contributed by atoms with Gasteiger partial charge in [0.2, 0.25) is 0 Å². The fourth-order valence-corrected chi connectivity index (χ4v) is 2.52. The quantitative estimate of drug-likeness (QED) is 0.881. The van der Waals surface area contributed by atoms with Crippen molar-refractivity contribution >= 4 is 0 Å². The van der Waals surface area contributed by atoms with Crippen molar-refractivity contribution in [1.29, 1.82) is 5.26 Å². The second kappa shape index (κ2) is 7.39. The van der Waals surface area contributed by atoms with Crippen LogP contribution in [0.3, 0.4) is 0 Å². The van der Waals surface area contributed by atoms with Gasteiger partial charge in [0.15, 0.2) is 0 Å². The molecule has 4 nitrogen and oxygen atoms in total. The van der Waals surface area contributed by atoms with Gasteiger partial charge in [-0.15, -0.1) is 0 Å². The zero-order valence-corrected chi connectivity index (χ0v) is 12.5. The number of rotatable bonds is 5. The molecule has 0 saturated carbocycles. The normalized spacial score (nSPS) is 17.9. The Morgan fingerprint density at radius 1 is 1.30 bits per heavy atom. The van der Waals surface area contributed by atoms with E-state index in [9.17, 15) is 0 Å².